The van der Waals surface area contributed by atoms with E-state index in [1.165, 1.54) is 12.1 Å². The van der Waals surface area contributed by atoms with Crippen LogP contribution in [0.5, 0.6) is 0 Å². The van der Waals surface area contributed by atoms with Gasteiger partial charge < -0.3 is 14.6 Å². The highest BCUT2D eigenvalue weighted by atomic mass is 19.1. The molecule has 1 aromatic rings. The molecule has 1 aliphatic heterocycles. The SMILES string of the molecule is CCOC1(C(O)c2c(F)ccc(C)c2F)CCOCC1. The molecule has 2 rings (SSSR count). The molecule has 1 atom stereocenters. The maximum atomic E-state index is 14.2. The van der Waals surface area contributed by atoms with E-state index >= 15 is 0 Å². The first kappa shape index (κ1) is 15.4. The number of rotatable bonds is 4. The Morgan fingerprint density at radius 2 is 2.00 bits per heavy atom. The van der Waals surface area contributed by atoms with E-state index in [1.807, 2.05) is 0 Å². The van der Waals surface area contributed by atoms with Gasteiger partial charge in [-0.25, -0.2) is 8.78 Å². The molecule has 0 bridgehead atoms. The molecule has 1 saturated heterocycles. The van der Waals surface area contributed by atoms with Gasteiger partial charge in [-0.3, -0.25) is 0 Å². The van der Waals surface area contributed by atoms with Crippen molar-refractivity contribution in [1.82, 2.24) is 0 Å². The number of hydrogen-bond donors (Lipinski definition) is 1. The summed E-state index contributed by atoms with van der Waals surface area (Å²) in [7, 11) is 0. The maximum Gasteiger partial charge on any atom is 0.134 e. The Morgan fingerprint density at radius 3 is 2.60 bits per heavy atom. The lowest BCUT2D eigenvalue weighted by molar-refractivity contribution is -0.169. The first-order valence-corrected chi connectivity index (χ1v) is 6.86. The van der Waals surface area contributed by atoms with Gasteiger partial charge in [0.2, 0.25) is 0 Å². The van der Waals surface area contributed by atoms with Crippen LogP contribution in [0.1, 0.15) is 37.0 Å². The summed E-state index contributed by atoms with van der Waals surface area (Å²) in [5, 5.41) is 10.6. The van der Waals surface area contributed by atoms with Crippen molar-refractivity contribution in [2.45, 2.75) is 38.4 Å². The average molecular weight is 286 g/mol. The summed E-state index contributed by atoms with van der Waals surface area (Å²) in [5.41, 5.74) is -0.984. The van der Waals surface area contributed by atoms with Crippen LogP contribution in [0.4, 0.5) is 8.78 Å². The highest BCUT2D eigenvalue weighted by Crippen LogP contribution is 2.40. The molecule has 0 amide bonds. The summed E-state index contributed by atoms with van der Waals surface area (Å²) < 4.78 is 39.1. The predicted octanol–water partition coefficient (Wildman–Crippen LogP) is 2.89. The molecule has 3 nitrogen and oxygen atoms in total. The van der Waals surface area contributed by atoms with Crippen molar-refractivity contribution in [1.29, 1.82) is 0 Å². The lowest BCUT2D eigenvalue weighted by Gasteiger charge is -2.40. The first-order chi connectivity index (χ1) is 9.52. The molecule has 20 heavy (non-hydrogen) atoms. The zero-order valence-electron chi connectivity index (χ0n) is 11.8. The third-order valence-electron chi connectivity index (χ3n) is 3.86. The molecular formula is C15H20F2O3. The van der Waals surface area contributed by atoms with E-state index in [4.69, 9.17) is 9.47 Å². The number of aryl methyl sites for hydroxylation is 1. The summed E-state index contributed by atoms with van der Waals surface area (Å²) in [4.78, 5) is 0. The minimum Gasteiger partial charge on any atom is -0.385 e. The molecule has 1 N–H and O–H groups in total. The lowest BCUT2D eigenvalue weighted by atomic mass is 9.83. The summed E-state index contributed by atoms with van der Waals surface area (Å²) in [6.07, 6.45) is -0.518. The highest BCUT2D eigenvalue weighted by molar-refractivity contribution is 5.30. The Balaban J connectivity index is 2.42. The average Bonchev–Trinajstić information content (AvgIpc) is 2.44. The van der Waals surface area contributed by atoms with Crippen molar-refractivity contribution >= 4 is 0 Å². The van der Waals surface area contributed by atoms with E-state index < -0.39 is 23.3 Å². The quantitative estimate of drug-likeness (QED) is 0.925. The topological polar surface area (TPSA) is 38.7 Å². The van der Waals surface area contributed by atoms with Gasteiger partial charge >= 0.3 is 0 Å². The van der Waals surface area contributed by atoms with Crippen molar-refractivity contribution < 1.29 is 23.4 Å². The maximum absolute atomic E-state index is 14.2. The molecule has 0 aromatic heterocycles. The predicted molar refractivity (Wildman–Crippen MR) is 70.5 cm³/mol. The van der Waals surface area contributed by atoms with Crippen LogP contribution in [0.2, 0.25) is 0 Å². The minimum atomic E-state index is -1.34. The number of hydrogen-bond acceptors (Lipinski definition) is 3. The second-order valence-electron chi connectivity index (χ2n) is 5.10. The Labute approximate surface area is 117 Å². The Hall–Kier alpha value is -1.04. The highest BCUT2D eigenvalue weighted by Gasteiger charge is 2.43. The molecule has 5 heteroatoms. The summed E-state index contributed by atoms with van der Waals surface area (Å²) in [6, 6.07) is 2.54. The fraction of sp³-hybridized carbons (Fsp3) is 0.600. The van der Waals surface area contributed by atoms with Crippen molar-refractivity contribution in [3.8, 4) is 0 Å². The Morgan fingerprint density at radius 1 is 1.35 bits per heavy atom. The fourth-order valence-corrected chi connectivity index (χ4v) is 2.69. The molecule has 1 aromatic carbocycles. The van der Waals surface area contributed by atoms with Gasteiger partial charge in [0.05, 0.1) is 5.56 Å². The van der Waals surface area contributed by atoms with Crippen molar-refractivity contribution in [3.05, 3.63) is 34.9 Å². The second-order valence-corrected chi connectivity index (χ2v) is 5.10. The van der Waals surface area contributed by atoms with Gasteiger partial charge in [0.25, 0.3) is 0 Å². The van der Waals surface area contributed by atoms with Crippen LogP contribution in [0.25, 0.3) is 0 Å². The number of aliphatic hydroxyl groups excluding tert-OH is 1. The largest absolute Gasteiger partial charge is 0.385 e. The van der Waals surface area contributed by atoms with E-state index in [1.54, 1.807) is 13.8 Å². The van der Waals surface area contributed by atoms with E-state index in [0.29, 0.717) is 38.2 Å². The van der Waals surface area contributed by atoms with Gasteiger partial charge in [0.1, 0.15) is 23.3 Å². The zero-order chi connectivity index (χ0) is 14.8. The first-order valence-electron chi connectivity index (χ1n) is 6.86. The molecule has 112 valence electrons. The van der Waals surface area contributed by atoms with Gasteiger partial charge in [-0.05, 0) is 25.5 Å². The molecular weight excluding hydrogens is 266 g/mol. The van der Waals surface area contributed by atoms with Gasteiger partial charge in [0, 0.05) is 32.7 Å². The molecule has 0 saturated carbocycles. The number of aliphatic hydroxyl groups is 1. The standard InChI is InChI=1S/C15H20F2O3/c1-3-20-15(6-8-19-9-7-15)14(18)12-11(16)5-4-10(2)13(12)17/h4-5,14,18H,3,6-9H2,1-2H3. The monoisotopic (exact) mass is 286 g/mol. The van der Waals surface area contributed by atoms with Crippen LogP contribution < -0.4 is 0 Å². The smallest absolute Gasteiger partial charge is 0.134 e. The van der Waals surface area contributed by atoms with Crippen LogP contribution in [0.15, 0.2) is 12.1 Å². The summed E-state index contributed by atoms with van der Waals surface area (Å²) in [5.74, 6) is -1.45. The van der Waals surface area contributed by atoms with Crippen LogP contribution in [0, 0.1) is 18.6 Å². The fourth-order valence-electron chi connectivity index (χ4n) is 2.69. The van der Waals surface area contributed by atoms with E-state index in [9.17, 15) is 13.9 Å². The molecule has 1 aliphatic rings. The third-order valence-corrected chi connectivity index (χ3v) is 3.86. The van der Waals surface area contributed by atoms with Gasteiger partial charge in [-0.1, -0.05) is 6.07 Å². The lowest BCUT2D eigenvalue weighted by Crippen LogP contribution is -2.45. The van der Waals surface area contributed by atoms with Crippen molar-refractivity contribution in [2.75, 3.05) is 19.8 Å². The van der Waals surface area contributed by atoms with E-state index in [-0.39, 0.29) is 5.56 Å². The summed E-state index contributed by atoms with van der Waals surface area (Å²) >= 11 is 0. The van der Waals surface area contributed by atoms with Gasteiger partial charge in [0.15, 0.2) is 0 Å². The van der Waals surface area contributed by atoms with Gasteiger partial charge in [-0.15, -0.1) is 0 Å². The minimum absolute atomic E-state index is 0.305. The van der Waals surface area contributed by atoms with E-state index in [2.05, 4.69) is 0 Å². The van der Waals surface area contributed by atoms with Crippen molar-refractivity contribution in [2.24, 2.45) is 0 Å². The molecule has 0 spiro atoms. The Kier molecular flexibility index (Phi) is 4.73. The Bertz CT molecular complexity index is 465. The van der Waals surface area contributed by atoms with E-state index in [0.717, 1.165) is 0 Å². The molecule has 0 aliphatic carbocycles. The number of benzene rings is 1. The molecule has 0 radical (unpaired) electrons. The second kappa shape index (κ2) is 6.16. The molecule has 1 heterocycles. The third kappa shape index (κ3) is 2.71. The van der Waals surface area contributed by atoms with Crippen LogP contribution >= 0.6 is 0 Å². The van der Waals surface area contributed by atoms with Crippen molar-refractivity contribution in [3.63, 3.8) is 0 Å². The normalized spacial score (nSPS) is 19.9. The molecule has 1 fully saturated rings. The number of halogens is 2. The zero-order valence-corrected chi connectivity index (χ0v) is 11.8. The van der Waals surface area contributed by atoms with Gasteiger partial charge in [-0.2, -0.15) is 0 Å². The van der Waals surface area contributed by atoms with Crippen LogP contribution in [-0.4, -0.2) is 30.5 Å². The summed E-state index contributed by atoms with van der Waals surface area (Å²) in [6.45, 7) is 4.53. The number of ether oxygens (including phenoxy) is 2. The van der Waals surface area contributed by atoms with Crippen LogP contribution in [-0.2, 0) is 9.47 Å². The van der Waals surface area contributed by atoms with Crippen LogP contribution in [0.3, 0.4) is 0 Å². The molecule has 1 unspecified atom stereocenters.